The van der Waals surface area contributed by atoms with Gasteiger partial charge in [0.2, 0.25) is 0 Å². The third-order valence-corrected chi connectivity index (χ3v) is 7.41. The largest absolute Gasteiger partial charge is 0.481 e. The second kappa shape index (κ2) is 9.84. The molecule has 2 aliphatic rings. The van der Waals surface area contributed by atoms with Crippen LogP contribution >= 0.6 is 0 Å². The summed E-state index contributed by atoms with van der Waals surface area (Å²) in [6.45, 7) is 2.27. The monoisotopic (exact) mass is 392 g/mol. The van der Waals surface area contributed by atoms with Crippen LogP contribution in [0.4, 0.5) is 8.78 Å². The summed E-state index contributed by atoms with van der Waals surface area (Å²) in [7, 11) is 0. The van der Waals surface area contributed by atoms with Gasteiger partial charge in [0.15, 0.2) is 11.6 Å². The van der Waals surface area contributed by atoms with Gasteiger partial charge in [0.1, 0.15) is 0 Å². The number of halogens is 2. The van der Waals surface area contributed by atoms with Crippen LogP contribution < -0.4 is 0 Å². The van der Waals surface area contributed by atoms with Crippen LogP contribution in [0.3, 0.4) is 0 Å². The molecule has 0 spiro atoms. The van der Waals surface area contributed by atoms with E-state index in [0.717, 1.165) is 49.5 Å². The Bertz CT molecular complexity index is 644. The molecule has 156 valence electrons. The smallest absolute Gasteiger partial charge is 0.303 e. The second-order valence-corrected chi connectivity index (χ2v) is 9.12. The van der Waals surface area contributed by atoms with Gasteiger partial charge in [-0.25, -0.2) is 8.78 Å². The predicted molar refractivity (Wildman–Crippen MR) is 107 cm³/mol. The normalized spacial score (nSPS) is 29.4. The minimum atomic E-state index is -0.884. The number of carboxylic acids is 1. The minimum absolute atomic E-state index is 0.0114. The lowest BCUT2D eigenvalue weighted by molar-refractivity contribution is -0.137. The molecule has 0 saturated heterocycles. The molecule has 4 heteroatoms. The second-order valence-electron chi connectivity index (χ2n) is 9.12. The Labute approximate surface area is 167 Å². The average Bonchev–Trinajstić information content (AvgIpc) is 2.69. The molecule has 0 bridgehead atoms. The van der Waals surface area contributed by atoms with Crippen molar-refractivity contribution in [1.82, 2.24) is 0 Å². The highest BCUT2D eigenvalue weighted by Gasteiger charge is 2.34. The maximum absolute atomic E-state index is 13.7. The Morgan fingerprint density at radius 2 is 1.61 bits per heavy atom. The Morgan fingerprint density at radius 1 is 1.00 bits per heavy atom. The highest BCUT2D eigenvalue weighted by molar-refractivity contribution is 5.68. The number of rotatable bonds is 7. The quantitative estimate of drug-likeness (QED) is 0.546. The van der Waals surface area contributed by atoms with E-state index in [2.05, 4.69) is 6.92 Å². The first-order valence-corrected chi connectivity index (χ1v) is 11.1. The molecule has 0 radical (unpaired) electrons. The van der Waals surface area contributed by atoms with Crippen LogP contribution in [0.5, 0.6) is 0 Å². The van der Waals surface area contributed by atoms with E-state index < -0.39 is 17.6 Å². The zero-order valence-electron chi connectivity index (χ0n) is 17.0. The fraction of sp³-hybridized carbons (Fsp3) is 0.708. The van der Waals surface area contributed by atoms with Crippen molar-refractivity contribution in [3.63, 3.8) is 0 Å². The highest BCUT2D eigenvalue weighted by atomic mass is 19.2. The van der Waals surface area contributed by atoms with E-state index in [1.807, 2.05) is 0 Å². The minimum Gasteiger partial charge on any atom is -0.481 e. The Morgan fingerprint density at radius 3 is 2.14 bits per heavy atom. The summed E-state index contributed by atoms with van der Waals surface area (Å²) in [6, 6.07) is 3.89. The number of hydrogen-bond acceptors (Lipinski definition) is 1. The zero-order chi connectivity index (χ0) is 20.1. The fourth-order valence-electron chi connectivity index (χ4n) is 5.86. The van der Waals surface area contributed by atoms with E-state index in [9.17, 15) is 18.7 Å². The SMILES string of the molecule is CCCC1CCC(C2CCC(C(CC(=O)O)c3ccc(F)c(F)c3)CC2)CC1. The molecule has 2 fully saturated rings. The summed E-state index contributed by atoms with van der Waals surface area (Å²) >= 11 is 0. The van der Waals surface area contributed by atoms with Crippen LogP contribution in [0.25, 0.3) is 0 Å². The number of hydrogen-bond donors (Lipinski definition) is 1. The lowest BCUT2D eigenvalue weighted by atomic mass is 9.66. The number of aliphatic carboxylic acids is 1. The first kappa shape index (κ1) is 21.3. The van der Waals surface area contributed by atoms with E-state index in [1.165, 1.54) is 44.6 Å². The molecule has 1 unspecified atom stereocenters. The lowest BCUT2D eigenvalue weighted by Crippen LogP contribution is -2.28. The van der Waals surface area contributed by atoms with Crippen molar-refractivity contribution >= 4 is 5.97 Å². The summed E-state index contributed by atoms with van der Waals surface area (Å²) in [5.41, 5.74) is 0.629. The standard InChI is InChI=1S/C24H34F2O2/c1-2-3-16-4-6-17(7-5-16)18-8-10-19(11-9-18)21(15-24(27)28)20-12-13-22(25)23(26)14-20/h12-14,16-19,21H,2-11,15H2,1H3,(H,27,28). The van der Waals surface area contributed by atoms with Crippen molar-refractivity contribution in [3.05, 3.63) is 35.4 Å². The van der Waals surface area contributed by atoms with Crippen LogP contribution in [0.1, 0.15) is 89.0 Å². The molecule has 1 atom stereocenters. The molecule has 1 aromatic rings. The van der Waals surface area contributed by atoms with Gasteiger partial charge in [0, 0.05) is 0 Å². The maximum Gasteiger partial charge on any atom is 0.303 e. The van der Waals surface area contributed by atoms with Crippen molar-refractivity contribution in [2.75, 3.05) is 0 Å². The van der Waals surface area contributed by atoms with Gasteiger partial charge >= 0.3 is 5.97 Å². The van der Waals surface area contributed by atoms with Gasteiger partial charge < -0.3 is 5.11 Å². The summed E-state index contributed by atoms with van der Waals surface area (Å²) in [5.74, 6) is -0.102. The van der Waals surface area contributed by atoms with Crippen molar-refractivity contribution < 1.29 is 18.7 Å². The highest BCUT2D eigenvalue weighted by Crippen LogP contribution is 2.46. The third kappa shape index (κ3) is 5.33. The first-order valence-electron chi connectivity index (χ1n) is 11.1. The predicted octanol–water partition coefficient (Wildman–Crippen LogP) is 6.94. The molecule has 3 rings (SSSR count). The molecule has 0 amide bonds. The first-order chi connectivity index (χ1) is 13.5. The molecule has 2 nitrogen and oxygen atoms in total. The van der Waals surface area contributed by atoms with Crippen molar-refractivity contribution in [3.8, 4) is 0 Å². The van der Waals surface area contributed by atoms with Crippen molar-refractivity contribution in [2.24, 2.45) is 23.7 Å². The molecule has 0 aromatic heterocycles. The van der Waals surface area contributed by atoms with Crippen LogP contribution in [0, 0.1) is 35.3 Å². The average molecular weight is 393 g/mol. The van der Waals surface area contributed by atoms with Crippen LogP contribution in [-0.4, -0.2) is 11.1 Å². The Kier molecular flexibility index (Phi) is 7.48. The summed E-state index contributed by atoms with van der Waals surface area (Å²) < 4.78 is 27.0. The fourth-order valence-corrected chi connectivity index (χ4v) is 5.86. The lowest BCUT2D eigenvalue weighted by Gasteiger charge is -2.39. The third-order valence-electron chi connectivity index (χ3n) is 7.41. The van der Waals surface area contributed by atoms with Gasteiger partial charge in [-0.3, -0.25) is 4.79 Å². The Balaban J connectivity index is 1.59. The van der Waals surface area contributed by atoms with Crippen molar-refractivity contribution in [2.45, 2.75) is 83.5 Å². The summed E-state index contributed by atoms with van der Waals surface area (Å²) in [6.07, 6.45) is 12.4. The van der Waals surface area contributed by atoms with Crippen molar-refractivity contribution in [1.29, 1.82) is 0 Å². The van der Waals surface area contributed by atoms with Gasteiger partial charge in [-0.05, 0) is 85.8 Å². The molecule has 2 saturated carbocycles. The molecular weight excluding hydrogens is 358 g/mol. The van der Waals surface area contributed by atoms with E-state index >= 15 is 0 Å². The van der Waals surface area contributed by atoms with Gasteiger partial charge in [0.05, 0.1) is 6.42 Å². The molecule has 0 heterocycles. The molecule has 1 aromatic carbocycles. The van der Waals surface area contributed by atoms with Gasteiger partial charge in [-0.2, -0.15) is 0 Å². The zero-order valence-corrected chi connectivity index (χ0v) is 17.0. The topological polar surface area (TPSA) is 37.3 Å². The van der Waals surface area contributed by atoms with Gasteiger partial charge in [-0.15, -0.1) is 0 Å². The summed E-state index contributed by atoms with van der Waals surface area (Å²) in [5, 5.41) is 9.36. The molecule has 0 aliphatic heterocycles. The number of carbonyl (C=O) groups is 1. The number of carboxylic acid groups (broad SMARTS) is 1. The van der Waals surface area contributed by atoms with E-state index in [0.29, 0.717) is 5.56 Å². The van der Waals surface area contributed by atoms with Crippen LogP contribution in [-0.2, 0) is 4.79 Å². The van der Waals surface area contributed by atoms with Crippen LogP contribution in [0.15, 0.2) is 18.2 Å². The maximum atomic E-state index is 13.7. The number of benzene rings is 1. The van der Waals surface area contributed by atoms with Crippen LogP contribution in [0.2, 0.25) is 0 Å². The molecule has 1 N–H and O–H groups in total. The Hall–Kier alpha value is -1.45. The van der Waals surface area contributed by atoms with E-state index in [4.69, 9.17) is 0 Å². The molecule has 28 heavy (non-hydrogen) atoms. The van der Waals surface area contributed by atoms with Gasteiger partial charge in [-0.1, -0.05) is 38.7 Å². The van der Waals surface area contributed by atoms with E-state index in [1.54, 1.807) is 6.07 Å². The molecular formula is C24H34F2O2. The van der Waals surface area contributed by atoms with Gasteiger partial charge in [0.25, 0.3) is 0 Å². The van der Waals surface area contributed by atoms with E-state index in [-0.39, 0.29) is 18.3 Å². The molecule has 2 aliphatic carbocycles. The summed E-state index contributed by atoms with van der Waals surface area (Å²) in [4.78, 5) is 11.4.